The number of nitrogen functional groups attached to an aromatic ring is 1. The molecule has 0 spiro atoms. The SMILES string of the molecule is COc1ccc(NC(=O)C2CCCc3ccccc32)cc1N.Cl. The first-order chi connectivity index (χ1) is 10.7. The van der Waals surface area contributed by atoms with Gasteiger partial charge in [0, 0.05) is 5.69 Å². The Balaban J connectivity index is 0.00000192. The standard InChI is InChI=1S/C18H20N2O2.ClH/c1-22-17-10-9-13(11-16(17)19)20-18(21)15-8-4-6-12-5-2-3-7-14(12)15;/h2-3,5,7,9-11,15H,4,6,8,19H2,1H3,(H,20,21);1H. The minimum absolute atomic E-state index is 0. The third kappa shape index (κ3) is 3.59. The minimum Gasteiger partial charge on any atom is -0.495 e. The number of benzene rings is 2. The molecule has 0 aromatic heterocycles. The first kappa shape index (κ1) is 17.2. The molecule has 23 heavy (non-hydrogen) atoms. The van der Waals surface area contributed by atoms with E-state index in [4.69, 9.17) is 10.5 Å². The second-order valence-electron chi connectivity index (χ2n) is 5.59. The van der Waals surface area contributed by atoms with Crippen molar-refractivity contribution in [2.24, 2.45) is 0 Å². The summed E-state index contributed by atoms with van der Waals surface area (Å²) in [5, 5.41) is 2.97. The molecule has 5 heteroatoms. The van der Waals surface area contributed by atoms with E-state index < -0.39 is 0 Å². The maximum atomic E-state index is 12.6. The van der Waals surface area contributed by atoms with Crippen molar-refractivity contribution in [3.05, 3.63) is 53.6 Å². The van der Waals surface area contributed by atoms with Gasteiger partial charge >= 0.3 is 0 Å². The number of hydrogen-bond acceptors (Lipinski definition) is 3. The smallest absolute Gasteiger partial charge is 0.231 e. The number of ether oxygens (including phenoxy) is 1. The second-order valence-corrected chi connectivity index (χ2v) is 5.59. The molecule has 0 radical (unpaired) electrons. The Kier molecular flexibility index (Phi) is 5.50. The molecule has 122 valence electrons. The molecule has 3 N–H and O–H groups in total. The van der Waals surface area contributed by atoms with Crippen LogP contribution in [-0.2, 0) is 11.2 Å². The van der Waals surface area contributed by atoms with Gasteiger partial charge in [0.25, 0.3) is 0 Å². The predicted octanol–water partition coefficient (Wildman–Crippen LogP) is 3.76. The zero-order chi connectivity index (χ0) is 15.5. The van der Waals surface area contributed by atoms with Crippen LogP contribution >= 0.6 is 12.4 Å². The van der Waals surface area contributed by atoms with Gasteiger partial charge in [0.2, 0.25) is 5.91 Å². The van der Waals surface area contributed by atoms with E-state index in [-0.39, 0.29) is 24.2 Å². The van der Waals surface area contributed by atoms with E-state index in [0.29, 0.717) is 17.1 Å². The molecule has 0 fully saturated rings. The van der Waals surface area contributed by atoms with Gasteiger partial charge in [-0.15, -0.1) is 12.4 Å². The summed E-state index contributed by atoms with van der Waals surface area (Å²) in [7, 11) is 1.57. The summed E-state index contributed by atoms with van der Waals surface area (Å²) >= 11 is 0. The lowest BCUT2D eigenvalue weighted by molar-refractivity contribution is -0.117. The van der Waals surface area contributed by atoms with E-state index in [1.165, 1.54) is 5.56 Å². The number of carbonyl (C=O) groups is 1. The quantitative estimate of drug-likeness (QED) is 0.841. The number of carbonyl (C=O) groups excluding carboxylic acids is 1. The lowest BCUT2D eigenvalue weighted by Gasteiger charge is -2.24. The molecule has 0 aliphatic heterocycles. The fourth-order valence-electron chi connectivity index (χ4n) is 3.07. The van der Waals surface area contributed by atoms with E-state index in [9.17, 15) is 4.79 Å². The molecule has 3 rings (SSSR count). The fourth-order valence-corrected chi connectivity index (χ4v) is 3.07. The topological polar surface area (TPSA) is 64.3 Å². The molecule has 2 aromatic carbocycles. The largest absolute Gasteiger partial charge is 0.495 e. The van der Waals surface area contributed by atoms with E-state index in [0.717, 1.165) is 24.8 Å². The van der Waals surface area contributed by atoms with Gasteiger partial charge in [-0.2, -0.15) is 0 Å². The molecule has 1 aliphatic rings. The molecular formula is C18H21ClN2O2. The molecule has 0 bridgehead atoms. The van der Waals surface area contributed by atoms with Crippen molar-refractivity contribution in [3.63, 3.8) is 0 Å². The summed E-state index contributed by atoms with van der Waals surface area (Å²) in [6.45, 7) is 0. The molecule has 1 amide bonds. The Morgan fingerprint density at radius 2 is 2.04 bits per heavy atom. The van der Waals surface area contributed by atoms with Gasteiger partial charge in [-0.3, -0.25) is 4.79 Å². The van der Waals surface area contributed by atoms with Crippen molar-refractivity contribution in [1.82, 2.24) is 0 Å². The summed E-state index contributed by atoms with van der Waals surface area (Å²) in [6.07, 6.45) is 2.98. The first-order valence-electron chi connectivity index (χ1n) is 7.51. The van der Waals surface area contributed by atoms with Crippen molar-refractivity contribution < 1.29 is 9.53 Å². The maximum Gasteiger partial charge on any atom is 0.231 e. The summed E-state index contributed by atoms with van der Waals surface area (Å²) < 4.78 is 5.13. The van der Waals surface area contributed by atoms with Crippen molar-refractivity contribution >= 4 is 29.7 Å². The molecule has 1 atom stereocenters. The van der Waals surface area contributed by atoms with Crippen molar-refractivity contribution in [2.75, 3.05) is 18.2 Å². The number of halogens is 1. The number of aryl methyl sites for hydroxylation is 1. The highest BCUT2D eigenvalue weighted by Crippen LogP contribution is 2.33. The average Bonchev–Trinajstić information content (AvgIpc) is 2.54. The van der Waals surface area contributed by atoms with E-state index >= 15 is 0 Å². The van der Waals surface area contributed by atoms with Gasteiger partial charge in [0.05, 0.1) is 18.7 Å². The van der Waals surface area contributed by atoms with E-state index in [2.05, 4.69) is 17.4 Å². The van der Waals surface area contributed by atoms with Crippen molar-refractivity contribution in [2.45, 2.75) is 25.2 Å². The van der Waals surface area contributed by atoms with Gasteiger partial charge in [-0.05, 0) is 48.6 Å². The van der Waals surface area contributed by atoms with Crippen LogP contribution in [0.1, 0.15) is 29.9 Å². The van der Waals surface area contributed by atoms with Crippen LogP contribution in [0.2, 0.25) is 0 Å². The lowest BCUT2D eigenvalue weighted by Crippen LogP contribution is -2.24. The number of nitrogens with one attached hydrogen (secondary N) is 1. The van der Waals surface area contributed by atoms with Gasteiger partial charge < -0.3 is 15.8 Å². The predicted molar refractivity (Wildman–Crippen MR) is 95.4 cm³/mol. The third-order valence-corrected chi connectivity index (χ3v) is 4.18. The van der Waals surface area contributed by atoms with Crippen LogP contribution in [0.5, 0.6) is 5.75 Å². The van der Waals surface area contributed by atoms with Crippen LogP contribution in [0.3, 0.4) is 0 Å². The zero-order valence-electron chi connectivity index (χ0n) is 13.0. The fraction of sp³-hybridized carbons (Fsp3) is 0.278. The first-order valence-corrected chi connectivity index (χ1v) is 7.51. The Morgan fingerprint density at radius 1 is 1.26 bits per heavy atom. The number of methoxy groups -OCH3 is 1. The number of nitrogens with two attached hydrogens (primary N) is 1. The van der Waals surface area contributed by atoms with E-state index in [1.807, 2.05) is 18.2 Å². The van der Waals surface area contributed by atoms with Gasteiger partial charge in [0.15, 0.2) is 0 Å². The van der Waals surface area contributed by atoms with Crippen molar-refractivity contribution in [3.8, 4) is 5.75 Å². The third-order valence-electron chi connectivity index (χ3n) is 4.18. The molecule has 0 saturated carbocycles. The van der Waals surface area contributed by atoms with Crippen LogP contribution < -0.4 is 15.8 Å². The molecule has 0 heterocycles. The highest BCUT2D eigenvalue weighted by molar-refractivity contribution is 5.96. The molecule has 2 aromatic rings. The van der Waals surface area contributed by atoms with Crippen LogP contribution in [-0.4, -0.2) is 13.0 Å². The maximum absolute atomic E-state index is 12.6. The van der Waals surface area contributed by atoms with Gasteiger partial charge in [-0.1, -0.05) is 24.3 Å². The van der Waals surface area contributed by atoms with Gasteiger partial charge in [-0.25, -0.2) is 0 Å². The Labute approximate surface area is 142 Å². The summed E-state index contributed by atoms with van der Waals surface area (Å²) in [4.78, 5) is 12.6. The Hall–Kier alpha value is -2.20. The Morgan fingerprint density at radius 3 is 2.78 bits per heavy atom. The molecule has 1 aliphatic carbocycles. The summed E-state index contributed by atoms with van der Waals surface area (Å²) in [6, 6.07) is 13.5. The van der Waals surface area contributed by atoms with Crippen LogP contribution in [0.25, 0.3) is 0 Å². The Bertz CT molecular complexity index is 703. The van der Waals surface area contributed by atoms with E-state index in [1.54, 1.807) is 19.2 Å². The zero-order valence-corrected chi connectivity index (χ0v) is 13.9. The molecule has 4 nitrogen and oxygen atoms in total. The number of anilines is 2. The second kappa shape index (κ2) is 7.38. The minimum atomic E-state index is -0.0896. The summed E-state index contributed by atoms with van der Waals surface area (Å²) in [5.41, 5.74) is 9.53. The highest BCUT2D eigenvalue weighted by atomic mass is 35.5. The van der Waals surface area contributed by atoms with Gasteiger partial charge in [0.1, 0.15) is 5.75 Å². The number of amides is 1. The van der Waals surface area contributed by atoms with Crippen LogP contribution in [0, 0.1) is 0 Å². The number of rotatable bonds is 3. The molecule has 1 unspecified atom stereocenters. The number of hydrogen-bond donors (Lipinski definition) is 2. The lowest BCUT2D eigenvalue weighted by atomic mass is 9.82. The average molecular weight is 333 g/mol. The van der Waals surface area contributed by atoms with Crippen LogP contribution in [0.15, 0.2) is 42.5 Å². The normalized spacial score (nSPS) is 16.0. The number of fused-ring (bicyclic) bond motifs is 1. The molecular weight excluding hydrogens is 312 g/mol. The monoisotopic (exact) mass is 332 g/mol. The van der Waals surface area contributed by atoms with Crippen molar-refractivity contribution in [1.29, 1.82) is 0 Å². The molecule has 0 saturated heterocycles. The highest BCUT2D eigenvalue weighted by Gasteiger charge is 2.26. The summed E-state index contributed by atoms with van der Waals surface area (Å²) in [5.74, 6) is 0.547. The van der Waals surface area contributed by atoms with Crippen LogP contribution in [0.4, 0.5) is 11.4 Å².